The molecule has 3 aromatic rings. The molecule has 0 amide bonds. The van der Waals surface area contributed by atoms with E-state index >= 15 is 0 Å². The predicted octanol–water partition coefficient (Wildman–Crippen LogP) is 2.24. The van der Waals surface area contributed by atoms with Crippen LogP contribution < -0.4 is 0 Å². The van der Waals surface area contributed by atoms with Crippen LogP contribution in [0, 0.1) is 0 Å². The highest BCUT2D eigenvalue weighted by molar-refractivity contribution is 7.13. The van der Waals surface area contributed by atoms with Crippen LogP contribution in [0.25, 0.3) is 16.3 Å². The Kier molecular flexibility index (Phi) is 2.56. The second-order valence-corrected chi connectivity index (χ2v) is 4.54. The molecule has 5 nitrogen and oxygen atoms in total. The fourth-order valence-electron chi connectivity index (χ4n) is 1.69. The quantitative estimate of drug-likeness (QED) is 0.662. The van der Waals surface area contributed by atoms with E-state index in [2.05, 4.69) is 10.1 Å². The summed E-state index contributed by atoms with van der Waals surface area (Å²) >= 11 is 1.56. The van der Waals surface area contributed by atoms with Crippen molar-refractivity contribution >= 4 is 23.0 Å². The molecule has 6 heteroatoms. The number of fused-ring (bicyclic) bond motifs is 1. The molecule has 0 radical (unpaired) electrons. The molecule has 3 rings (SSSR count). The number of aromatic nitrogens is 3. The van der Waals surface area contributed by atoms with E-state index in [0.717, 1.165) is 4.88 Å². The number of nitrogens with zero attached hydrogens (tertiary/aromatic N) is 3. The van der Waals surface area contributed by atoms with Crippen molar-refractivity contribution in [3.63, 3.8) is 0 Å². The largest absolute Gasteiger partial charge is 0.465 e. The van der Waals surface area contributed by atoms with Gasteiger partial charge in [-0.1, -0.05) is 6.07 Å². The van der Waals surface area contributed by atoms with E-state index in [1.54, 1.807) is 34.2 Å². The Labute approximate surface area is 107 Å². The van der Waals surface area contributed by atoms with Gasteiger partial charge in [-0.15, -0.1) is 16.4 Å². The molecular weight excluding hydrogens is 250 g/mol. The van der Waals surface area contributed by atoms with E-state index in [4.69, 9.17) is 4.74 Å². The highest BCUT2D eigenvalue weighted by Crippen LogP contribution is 2.22. The van der Waals surface area contributed by atoms with Gasteiger partial charge < -0.3 is 4.74 Å². The lowest BCUT2D eigenvalue weighted by atomic mass is 10.3. The molecule has 0 unspecified atom stereocenters. The summed E-state index contributed by atoms with van der Waals surface area (Å²) in [4.78, 5) is 17.0. The number of pyridine rings is 1. The first-order valence-corrected chi connectivity index (χ1v) is 6.15. The van der Waals surface area contributed by atoms with E-state index in [-0.39, 0.29) is 0 Å². The second-order valence-electron chi connectivity index (χ2n) is 3.59. The fourth-order valence-corrected chi connectivity index (χ4v) is 2.34. The van der Waals surface area contributed by atoms with Crippen molar-refractivity contribution in [3.8, 4) is 10.7 Å². The first-order chi connectivity index (χ1) is 8.79. The van der Waals surface area contributed by atoms with Crippen LogP contribution in [0.2, 0.25) is 0 Å². The van der Waals surface area contributed by atoms with Gasteiger partial charge in [0.05, 0.1) is 12.0 Å². The molecule has 0 fully saturated rings. The number of hydrogen-bond donors (Lipinski definition) is 0. The van der Waals surface area contributed by atoms with Crippen LogP contribution >= 0.6 is 11.3 Å². The van der Waals surface area contributed by atoms with Crippen molar-refractivity contribution < 1.29 is 9.53 Å². The van der Waals surface area contributed by atoms with Crippen molar-refractivity contribution in [2.45, 2.75) is 0 Å². The predicted molar refractivity (Wildman–Crippen MR) is 67.6 cm³/mol. The third kappa shape index (κ3) is 1.67. The molecule has 0 aromatic carbocycles. The van der Waals surface area contributed by atoms with Gasteiger partial charge in [-0.2, -0.15) is 0 Å². The molecule has 0 N–H and O–H groups in total. The normalized spacial score (nSPS) is 10.7. The van der Waals surface area contributed by atoms with Crippen LogP contribution in [0.4, 0.5) is 0 Å². The van der Waals surface area contributed by atoms with Gasteiger partial charge in [-0.3, -0.25) is 0 Å². The number of thiophene rings is 1. The van der Waals surface area contributed by atoms with Gasteiger partial charge in [0.15, 0.2) is 11.5 Å². The summed E-state index contributed by atoms with van der Waals surface area (Å²) in [7, 11) is 1.35. The highest BCUT2D eigenvalue weighted by atomic mass is 32.1. The Hall–Kier alpha value is -2.21. The first-order valence-electron chi connectivity index (χ1n) is 5.27. The number of esters is 1. The van der Waals surface area contributed by atoms with Gasteiger partial charge in [0.1, 0.15) is 5.56 Å². The fraction of sp³-hybridized carbons (Fsp3) is 0.0833. The van der Waals surface area contributed by atoms with Crippen molar-refractivity contribution in [3.05, 3.63) is 41.4 Å². The smallest absolute Gasteiger partial charge is 0.341 e. The minimum atomic E-state index is -0.411. The van der Waals surface area contributed by atoms with E-state index in [1.165, 1.54) is 7.11 Å². The summed E-state index contributed by atoms with van der Waals surface area (Å²) in [6.45, 7) is 0. The van der Waals surface area contributed by atoms with E-state index in [1.807, 2.05) is 17.5 Å². The zero-order valence-electron chi connectivity index (χ0n) is 9.53. The van der Waals surface area contributed by atoms with Crippen molar-refractivity contribution in [1.29, 1.82) is 0 Å². The first kappa shape index (κ1) is 10.9. The number of ether oxygens (including phenoxy) is 1. The number of carbonyl (C=O) groups excluding carboxylic acids is 1. The molecule has 3 aromatic heterocycles. The van der Waals surface area contributed by atoms with Gasteiger partial charge >= 0.3 is 5.97 Å². The lowest BCUT2D eigenvalue weighted by Crippen LogP contribution is -2.04. The van der Waals surface area contributed by atoms with E-state index in [0.29, 0.717) is 17.0 Å². The Morgan fingerprint density at radius 2 is 2.28 bits per heavy atom. The van der Waals surface area contributed by atoms with Crippen LogP contribution in [0.1, 0.15) is 10.4 Å². The summed E-state index contributed by atoms with van der Waals surface area (Å²) in [5, 5.41) is 6.30. The van der Waals surface area contributed by atoms with Crippen LogP contribution in [-0.2, 0) is 4.74 Å². The third-order valence-corrected chi connectivity index (χ3v) is 3.38. The third-order valence-electron chi connectivity index (χ3n) is 2.51. The summed E-state index contributed by atoms with van der Waals surface area (Å²) in [6.07, 6.45) is 1.76. The van der Waals surface area contributed by atoms with Crippen molar-refractivity contribution in [2.75, 3.05) is 7.11 Å². The monoisotopic (exact) mass is 259 g/mol. The lowest BCUT2D eigenvalue weighted by Gasteiger charge is -1.98. The van der Waals surface area contributed by atoms with Gasteiger partial charge in [-0.05, 0) is 23.6 Å². The Morgan fingerprint density at radius 1 is 1.39 bits per heavy atom. The van der Waals surface area contributed by atoms with Crippen LogP contribution in [0.5, 0.6) is 0 Å². The van der Waals surface area contributed by atoms with Crippen molar-refractivity contribution in [1.82, 2.24) is 14.6 Å². The van der Waals surface area contributed by atoms with Crippen LogP contribution in [0.15, 0.2) is 35.8 Å². The summed E-state index contributed by atoms with van der Waals surface area (Å²) in [6, 6.07) is 7.30. The number of rotatable bonds is 2. The molecule has 0 atom stereocenters. The van der Waals surface area contributed by atoms with Crippen molar-refractivity contribution in [2.24, 2.45) is 0 Å². The molecule has 18 heavy (non-hydrogen) atoms. The highest BCUT2D eigenvalue weighted by Gasteiger charge is 2.15. The summed E-state index contributed by atoms with van der Waals surface area (Å²) in [5.41, 5.74) is 0.919. The maximum atomic E-state index is 11.6. The molecule has 0 spiro atoms. The molecule has 0 aliphatic heterocycles. The lowest BCUT2D eigenvalue weighted by molar-refractivity contribution is 0.0602. The van der Waals surface area contributed by atoms with Crippen LogP contribution in [0.3, 0.4) is 0 Å². The average molecular weight is 259 g/mol. The maximum Gasteiger partial charge on any atom is 0.341 e. The topological polar surface area (TPSA) is 56.5 Å². The zero-order valence-corrected chi connectivity index (χ0v) is 10.3. The Bertz CT molecular complexity index is 703. The SMILES string of the molecule is COC(=O)c1cccn2nc(-c3cccs3)nc12. The van der Waals surface area contributed by atoms with E-state index in [9.17, 15) is 4.79 Å². The molecule has 90 valence electrons. The molecule has 3 heterocycles. The van der Waals surface area contributed by atoms with Gasteiger partial charge in [-0.25, -0.2) is 14.3 Å². The Morgan fingerprint density at radius 3 is 3.00 bits per heavy atom. The Balaban J connectivity index is 2.20. The standard InChI is InChI=1S/C12H9N3O2S/c1-17-12(16)8-4-2-6-15-11(8)13-10(14-15)9-5-3-7-18-9/h2-7H,1H3. The number of methoxy groups -OCH3 is 1. The average Bonchev–Trinajstić information content (AvgIpc) is 3.04. The zero-order chi connectivity index (χ0) is 12.5. The number of hydrogen-bond acceptors (Lipinski definition) is 5. The number of carbonyl (C=O) groups is 1. The second kappa shape index (κ2) is 4.23. The maximum absolute atomic E-state index is 11.6. The van der Waals surface area contributed by atoms with Crippen LogP contribution in [-0.4, -0.2) is 27.7 Å². The molecule has 0 saturated carbocycles. The van der Waals surface area contributed by atoms with E-state index < -0.39 is 5.97 Å². The molecule has 0 saturated heterocycles. The van der Waals surface area contributed by atoms with Gasteiger partial charge in [0, 0.05) is 6.20 Å². The minimum absolute atomic E-state index is 0.411. The molecule has 0 aliphatic rings. The van der Waals surface area contributed by atoms with Gasteiger partial charge in [0.2, 0.25) is 0 Å². The molecule has 0 aliphatic carbocycles. The summed E-state index contributed by atoms with van der Waals surface area (Å²) < 4.78 is 6.31. The minimum Gasteiger partial charge on any atom is -0.465 e. The molecule has 0 bridgehead atoms. The molecular formula is C12H9N3O2S. The van der Waals surface area contributed by atoms with Gasteiger partial charge in [0.25, 0.3) is 0 Å². The summed E-state index contributed by atoms with van der Waals surface area (Å²) in [5.74, 6) is 0.201.